The Bertz CT molecular complexity index is 378. The Hall–Kier alpha value is -0.810. The monoisotopic (exact) mass is 277 g/mol. The molecule has 0 aromatic heterocycles. The van der Waals surface area contributed by atoms with Gasteiger partial charge in [-0.3, -0.25) is 4.79 Å². The van der Waals surface area contributed by atoms with Crippen LogP contribution >= 0.6 is 23.2 Å². The SMILES string of the molecule is O=C(CC(O)c1cc(Cl)cc(Cl)c1)NCCO. The number of aliphatic hydroxyl groups is 2. The van der Waals surface area contributed by atoms with Crippen LogP contribution in [0.15, 0.2) is 18.2 Å². The second-order valence-corrected chi connectivity index (χ2v) is 4.37. The van der Waals surface area contributed by atoms with Crippen LogP contribution in [-0.2, 0) is 4.79 Å². The van der Waals surface area contributed by atoms with Gasteiger partial charge in [-0.05, 0) is 23.8 Å². The van der Waals surface area contributed by atoms with Crippen LogP contribution in [-0.4, -0.2) is 29.3 Å². The lowest BCUT2D eigenvalue weighted by Gasteiger charge is -2.11. The Kier molecular flexibility index (Phi) is 5.71. The Morgan fingerprint density at radius 2 is 1.88 bits per heavy atom. The maximum atomic E-state index is 11.3. The van der Waals surface area contributed by atoms with Crippen molar-refractivity contribution in [3.05, 3.63) is 33.8 Å². The molecule has 1 atom stereocenters. The number of hydrogen-bond acceptors (Lipinski definition) is 3. The van der Waals surface area contributed by atoms with Gasteiger partial charge in [0.1, 0.15) is 0 Å². The molecule has 0 spiro atoms. The minimum absolute atomic E-state index is 0.101. The van der Waals surface area contributed by atoms with Crippen molar-refractivity contribution in [1.82, 2.24) is 5.32 Å². The Balaban J connectivity index is 2.63. The number of carbonyl (C=O) groups is 1. The highest BCUT2D eigenvalue weighted by Gasteiger charge is 2.13. The zero-order valence-electron chi connectivity index (χ0n) is 8.99. The average Bonchev–Trinajstić information content (AvgIpc) is 2.25. The molecule has 0 radical (unpaired) electrons. The lowest BCUT2D eigenvalue weighted by Crippen LogP contribution is -2.27. The fraction of sp³-hybridized carbons (Fsp3) is 0.364. The molecule has 0 saturated carbocycles. The van der Waals surface area contributed by atoms with Gasteiger partial charge in [0.2, 0.25) is 5.91 Å². The van der Waals surface area contributed by atoms with E-state index >= 15 is 0 Å². The Morgan fingerprint density at radius 3 is 2.41 bits per heavy atom. The molecular weight excluding hydrogens is 265 g/mol. The summed E-state index contributed by atoms with van der Waals surface area (Å²) < 4.78 is 0. The van der Waals surface area contributed by atoms with Gasteiger partial charge in [-0.1, -0.05) is 23.2 Å². The van der Waals surface area contributed by atoms with Crippen LogP contribution in [0.25, 0.3) is 0 Å². The van der Waals surface area contributed by atoms with Crippen molar-refractivity contribution in [2.75, 3.05) is 13.2 Å². The fourth-order valence-electron chi connectivity index (χ4n) is 1.33. The van der Waals surface area contributed by atoms with Crippen molar-refractivity contribution in [3.8, 4) is 0 Å². The molecule has 1 unspecified atom stereocenters. The summed E-state index contributed by atoms with van der Waals surface area (Å²) in [7, 11) is 0. The number of nitrogens with one attached hydrogen (secondary N) is 1. The lowest BCUT2D eigenvalue weighted by molar-refractivity contribution is -0.123. The first kappa shape index (κ1) is 14.3. The van der Waals surface area contributed by atoms with E-state index in [0.29, 0.717) is 15.6 Å². The van der Waals surface area contributed by atoms with E-state index in [4.69, 9.17) is 28.3 Å². The molecule has 1 aromatic rings. The molecule has 3 N–H and O–H groups in total. The molecule has 94 valence electrons. The van der Waals surface area contributed by atoms with Gasteiger partial charge in [-0.15, -0.1) is 0 Å². The standard InChI is InChI=1S/C11H13Cl2NO3/c12-8-3-7(4-9(13)5-8)10(16)6-11(17)14-1-2-15/h3-5,10,15-16H,1-2,6H2,(H,14,17). The van der Waals surface area contributed by atoms with Crippen molar-refractivity contribution >= 4 is 29.1 Å². The maximum Gasteiger partial charge on any atom is 0.223 e. The molecular formula is C11H13Cl2NO3. The van der Waals surface area contributed by atoms with E-state index < -0.39 is 6.10 Å². The number of hydrogen-bond donors (Lipinski definition) is 3. The third-order valence-corrected chi connectivity index (χ3v) is 2.52. The van der Waals surface area contributed by atoms with Gasteiger partial charge in [0, 0.05) is 16.6 Å². The van der Waals surface area contributed by atoms with E-state index in [2.05, 4.69) is 5.32 Å². The molecule has 0 aliphatic rings. The highest BCUT2D eigenvalue weighted by Crippen LogP contribution is 2.25. The van der Waals surface area contributed by atoms with Gasteiger partial charge in [0.25, 0.3) is 0 Å². The summed E-state index contributed by atoms with van der Waals surface area (Å²) in [6.07, 6.45) is -1.07. The Morgan fingerprint density at radius 1 is 1.29 bits per heavy atom. The van der Waals surface area contributed by atoms with Crippen molar-refractivity contribution in [1.29, 1.82) is 0 Å². The first-order chi connectivity index (χ1) is 8.02. The van der Waals surface area contributed by atoms with Crippen LogP contribution in [0.3, 0.4) is 0 Å². The first-order valence-electron chi connectivity index (χ1n) is 5.04. The molecule has 0 saturated heterocycles. The number of amides is 1. The smallest absolute Gasteiger partial charge is 0.223 e. The molecule has 0 aliphatic carbocycles. The third-order valence-electron chi connectivity index (χ3n) is 2.08. The van der Waals surface area contributed by atoms with Crippen LogP contribution < -0.4 is 5.32 Å². The molecule has 0 aliphatic heterocycles. The van der Waals surface area contributed by atoms with Crippen molar-refractivity contribution in [2.24, 2.45) is 0 Å². The average molecular weight is 278 g/mol. The van der Waals surface area contributed by atoms with Crippen LogP contribution in [0.1, 0.15) is 18.1 Å². The zero-order chi connectivity index (χ0) is 12.8. The minimum atomic E-state index is -0.968. The number of rotatable bonds is 5. The van der Waals surface area contributed by atoms with Gasteiger partial charge >= 0.3 is 0 Å². The number of aliphatic hydroxyl groups excluding tert-OH is 2. The van der Waals surface area contributed by atoms with E-state index in [9.17, 15) is 9.90 Å². The molecule has 0 heterocycles. The summed E-state index contributed by atoms with van der Waals surface area (Å²) in [5.74, 6) is -0.345. The molecule has 0 bridgehead atoms. The summed E-state index contributed by atoms with van der Waals surface area (Å²) in [5, 5.41) is 21.6. The predicted octanol–water partition coefficient (Wildman–Crippen LogP) is 1.53. The highest BCUT2D eigenvalue weighted by molar-refractivity contribution is 6.34. The molecule has 0 fully saturated rings. The van der Waals surface area contributed by atoms with Gasteiger partial charge in [-0.25, -0.2) is 0 Å². The van der Waals surface area contributed by atoms with Gasteiger partial charge in [0.15, 0.2) is 0 Å². The van der Waals surface area contributed by atoms with E-state index in [1.54, 1.807) is 18.2 Å². The topological polar surface area (TPSA) is 69.6 Å². The van der Waals surface area contributed by atoms with Gasteiger partial charge in [-0.2, -0.15) is 0 Å². The molecule has 1 aromatic carbocycles. The minimum Gasteiger partial charge on any atom is -0.395 e. The van der Waals surface area contributed by atoms with E-state index in [1.807, 2.05) is 0 Å². The maximum absolute atomic E-state index is 11.3. The van der Waals surface area contributed by atoms with Crippen molar-refractivity contribution < 1.29 is 15.0 Å². The largest absolute Gasteiger partial charge is 0.395 e. The van der Waals surface area contributed by atoms with Crippen molar-refractivity contribution in [2.45, 2.75) is 12.5 Å². The number of carbonyl (C=O) groups excluding carboxylic acids is 1. The fourth-order valence-corrected chi connectivity index (χ4v) is 1.87. The quantitative estimate of drug-likeness (QED) is 0.765. The summed E-state index contributed by atoms with van der Waals surface area (Å²) >= 11 is 11.6. The van der Waals surface area contributed by atoms with Crippen LogP contribution in [0.5, 0.6) is 0 Å². The van der Waals surface area contributed by atoms with Gasteiger partial charge < -0.3 is 15.5 Å². The molecule has 6 heteroatoms. The highest BCUT2D eigenvalue weighted by atomic mass is 35.5. The third kappa shape index (κ3) is 4.91. The summed E-state index contributed by atoms with van der Waals surface area (Å²) in [5.41, 5.74) is 0.488. The first-order valence-corrected chi connectivity index (χ1v) is 5.80. The number of benzene rings is 1. The van der Waals surface area contributed by atoms with E-state index in [0.717, 1.165) is 0 Å². The lowest BCUT2D eigenvalue weighted by atomic mass is 10.1. The second kappa shape index (κ2) is 6.81. The normalized spacial score (nSPS) is 12.2. The molecule has 1 rings (SSSR count). The van der Waals surface area contributed by atoms with Gasteiger partial charge in [0.05, 0.1) is 19.1 Å². The van der Waals surface area contributed by atoms with E-state index in [1.165, 1.54) is 0 Å². The Labute approximate surface area is 109 Å². The van der Waals surface area contributed by atoms with Crippen molar-refractivity contribution in [3.63, 3.8) is 0 Å². The van der Waals surface area contributed by atoms with Crippen LogP contribution in [0.2, 0.25) is 10.0 Å². The molecule has 4 nitrogen and oxygen atoms in total. The second-order valence-electron chi connectivity index (χ2n) is 3.50. The zero-order valence-corrected chi connectivity index (χ0v) is 10.5. The van der Waals surface area contributed by atoms with E-state index in [-0.39, 0.29) is 25.5 Å². The van der Waals surface area contributed by atoms with Crippen LogP contribution in [0.4, 0.5) is 0 Å². The molecule has 1 amide bonds. The van der Waals surface area contributed by atoms with Crippen LogP contribution in [0, 0.1) is 0 Å². The summed E-state index contributed by atoms with van der Waals surface area (Å²) in [4.78, 5) is 11.3. The summed E-state index contributed by atoms with van der Waals surface area (Å²) in [6, 6.07) is 4.65. The molecule has 17 heavy (non-hydrogen) atoms. The predicted molar refractivity (Wildman–Crippen MR) is 66.1 cm³/mol. The summed E-state index contributed by atoms with van der Waals surface area (Å²) in [6.45, 7) is 0.0344. The number of halogens is 2.